The third-order valence-corrected chi connectivity index (χ3v) is 15.7. The van der Waals surface area contributed by atoms with Crippen molar-refractivity contribution in [3.8, 4) is 0 Å². The first-order valence-electron chi connectivity index (χ1n) is 32.9. The van der Waals surface area contributed by atoms with Crippen molar-refractivity contribution in [2.45, 2.75) is 347 Å². The Bertz CT molecular complexity index is 1130. The zero-order valence-electron chi connectivity index (χ0n) is 50.7. The molecule has 2 heterocycles. The minimum absolute atomic E-state index is 0.175. The smallest absolute Gasteiger partial charge is 0.306 e. The summed E-state index contributed by atoms with van der Waals surface area (Å²) < 4.78 is 23.9. The largest absolute Gasteiger partial charge is 0.457 e. The number of ether oxygens (including phenoxy) is 4. The molecule has 8 unspecified atom stereocenters. The van der Waals surface area contributed by atoms with Crippen LogP contribution < -0.4 is 0 Å². The van der Waals surface area contributed by atoms with Gasteiger partial charge in [-0.25, -0.2) is 0 Å². The molecule has 8 atom stereocenters. The number of rotatable bonds is 54. The van der Waals surface area contributed by atoms with Crippen LogP contribution in [-0.4, -0.2) is 143 Å². The molecular formula is C64H126N2O10. The van der Waals surface area contributed by atoms with Crippen molar-refractivity contribution >= 4 is 11.9 Å². The van der Waals surface area contributed by atoms with Crippen molar-refractivity contribution in [1.82, 2.24) is 9.80 Å². The van der Waals surface area contributed by atoms with E-state index in [4.69, 9.17) is 18.9 Å². The van der Waals surface area contributed by atoms with Crippen molar-refractivity contribution in [2.24, 2.45) is 0 Å². The number of hydrogen-bond acceptors (Lipinski definition) is 12. The highest BCUT2D eigenvalue weighted by Crippen LogP contribution is 2.31. The van der Waals surface area contributed by atoms with E-state index in [-0.39, 0.29) is 38.0 Å². The lowest BCUT2D eigenvalue weighted by Gasteiger charge is -2.27. The third kappa shape index (κ3) is 39.9. The summed E-state index contributed by atoms with van der Waals surface area (Å²) in [6.45, 7) is 16.4. The Morgan fingerprint density at radius 2 is 0.605 bits per heavy atom. The quantitative estimate of drug-likeness (QED) is 0.0338. The second-order valence-corrected chi connectivity index (χ2v) is 23.0. The number of esters is 2. The van der Waals surface area contributed by atoms with Gasteiger partial charge in [0.15, 0.2) is 12.2 Å². The average Bonchev–Trinajstić information content (AvgIpc) is 4.00. The first kappa shape index (κ1) is 72.6. The highest BCUT2D eigenvalue weighted by Gasteiger charge is 2.51. The molecule has 452 valence electrons. The summed E-state index contributed by atoms with van der Waals surface area (Å²) in [5.74, 6) is -0.671. The first-order valence-corrected chi connectivity index (χ1v) is 32.9. The predicted octanol–water partition coefficient (Wildman–Crippen LogP) is 14.4. The fourth-order valence-electron chi connectivity index (χ4n) is 11.1. The number of carbonyl (C=O) groups is 2. The summed E-state index contributed by atoms with van der Waals surface area (Å²) in [6, 6.07) is 0. The normalized spacial score (nSPS) is 18.9. The summed E-state index contributed by atoms with van der Waals surface area (Å²) in [4.78, 5) is 30.7. The van der Waals surface area contributed by atoms with Gasteiger partial charge < -0.3 is 39.4 Å². The molecule has 0 amide bonds. The Labute approximate surface area is 468 Å². The van der Waals surface area contributed by atoms with Crippen LogP contribution in [0.25, 0.3) is 0 Å². The van der Waals surface area contributed by atoms with Crippen molar-refractivity contribution < 1.29 is 49.0 Å². The maximum Gasteiger partial charge on any atom is 0.306 e. The van der Waals surface area contributed by atoms with E-state index < -0.39 is 48.8 Å². The van der Waals surface area contributed by atoms with Crippen LogP contribution in [0.3, 0.4) is 0 Å². The molecule has 0 spiro atoms. The van der Waals surface area contributed by atoms with E-state index >= 15 is 0 Å². The van der Waals surface area contributed by atoms with Gasteiger partial charge in [-0.1, -0.05) is 247 Å². The van der Waals surface area contributed by atoms with Gasteiger partial charge in [-0.15, -0.1) is 0 Å². The van der Waals surface area contributed by atoms with Crippen molar-refractivity contribution in [3.63, 3.8) is 0 Å². The van der Waals surface area contributed by atoms with Crippen molar-refractivity contribution in [2.75, 3.05) is 52.5 Å². The van der Waals surface area contributed by atoms with Crippen molar-refractivity contribution in [3.05, 3.63) is 0 Å². The third-order valence-electron chi connectivity index (χ3n) is 15.7. The van der Waals surface area contributed by atoms with Gasteiger partial charge in [-0.3, -0.25) is 19.4 Å². The monoisotopic (exact) mass is 1080 g/mol. The van der Waals surface area contributed by atoms with Crippen LogP contribution >= 0.6 is 0 Å². The molecule has 2 rings (SSSR count). The maximum atomic E-state index is 13.2. The van der Waals surface area contributed by atoms with E-state index in [2.05, 4.69) is 37.5 Å². The summed E-state index contributed by atoms with van der Waals surface area (Å²) in [5, 5.41) is 44.2. The van der Waals surface area contributed by atoms with Crippen LogP contribution in [0.15, 0.2) is 0 Å². The van der Waals surface area contributed by atoms with E-state index in [1.54, 1.807) is 0 Å². The summed E-state index contributed by atoms with van der Waals surface area (Å²) in [7, 11) is 0. The Kier molecular flexibility index (Phi) is 49.5. The Hall–Kier alpha value is -1.38. The zero-order valence-corrected chi connectivity index (χ0v) is 50.7. The maximum absolute atomic E-state index is 13.2. The van der Waals surface area contributed by atoms with Crippen molar-refractivity contribution in [1.29, 1.82) is 0 Å². The van der Waals surface area contributed by atoms with Gasteiger partial charge in [0.05, 0.1) is 37.6 Å². The highest BCUT2D eigenvalue weighted by atomic mass is 16.7. The van der Waals surface area contributed by atoms with E-state index in [0.717, 1.165) is 77.0 Å². The molecule has 0 aromatic carbocycles. The fraction of sp³-hybridized carbons (Fsp3) is 0.969. The first-order chi connectivity index (χ1) is 37.1. The molecule has 2 saturated heterocycles. The van der Waals surface area contributed by atoms with E-state index in [0.29, 0.717) is 52.1 Å². The molecular weight excluding hydrogens is 957 g/mol. The van der Waals surface area contributed by atoms with Crippen LogP contribution in [0.5, 0.6) is 0 Å². The van der Waals surface area contributed by atoms with Gasteiger partial charge in [-0.05, 0) is 51.6 Å². The molecule has 76 heavy (non-hydrogen) atoms. The number of hydrogen-bond donors (Lipinski definition) is 4. The lowest BCUT2D eigenvalue weighted by molar-refractivity contribution is -0.155. The highest BCUT2D eigenvalue weighted by molar-refractivity contribution is 5.70. The average molecular weight is 1080 g/mol. The number of aliphatic hydroxyl groups is 4. The minimum atomic E-state index is -0.586. The van der Waals surface area contributed by atoms with Gasteiger partial charge in [-0.2, -0.15) is 0 Å². The topological polar surface area (TPSA) is 158 Å². The van der Waals surface area contributed by atoms with E-state index in [1.165, 1.54) is 154 Å². The predicted molar refractivity (Wildman–Crippen MR) is 315 cm³/mol. The number of carbonyl (C=O) groups excluding carboxylic acids is 2. The SMILES string of the molecule is CC.CCCCCCCCCCC(O)CN(CCCC(=O)OC1COC2C(OC(=O)CCCN(CC(O)CCCCCCCCCC)CC(O)CCCCCCCCCC)COC12)CC(O)CCCCCCCCCC. The number of nitrogens with zero attached hydrogens (tertiary/aromatic N) is 2. The van der Waals surface area contributed by atoms with Gasteiger partial charge >= 0.3 is 11.9 Å². The standard InChI is InChI=1S/C62H120N2O10.C2H6/c1-5-9-13-17-21-25-29-33-39-53(65)47-63(48-54(66)40-34-30-26-22-18-14-10-6-2)45-37-43-59(69)73-57-51-71-62-58(52-72-61(57)62)74-60(70)44-38-46-64(49-55(67)41-35-31-27-23-19-15-11-7-3)50-56(68)42-36-32-28-24-20-16-12-8-4;1-2/h53-58,61-62,65-68H,5-52H2,1-4H3;1-2H3. The molecule has 0 saturated carbocycles. The molecule has 0 aromatic heterocycles. The van der Waals surface area contributed by atoms with Crippen LogP contribution in [-0.2, 0) is 28.5 Å². The van der Waals surface area contributed by atoms with Gasteiger partial charge in [0, 0.05) is 39.0 Å². The molecule has 12 nitrogen and oxygen atoms in total. The zero-order chi connectivity index (χ0) is 55.7. The molecule has 0 aromatic rings. The molecule has 0 aliphatic carbocycles. The minimum Gasteiger partial charge on any atom is -0.457 e. The molecule has 2 aliphatic rings. The molecule has 4 N–H and O–H groups in total. The van der Waals surface area contributed by atoms with Gasteiger partial charge in [0.25, 0.3) is 0 Å². The lowest BCUT2D eigenvalue weighted by atomic mass is 10.0. The molecule has 2 fully saturated rings. The number of unbranched alkanes of at least 4 members (excludes halogenated alkanes) is 28. The van der Waals surface area contributed by atoms with Crippen LogP contribution in [0.2, 0.25) is 0 Å². The number of fused-ring (bicyclic) bond motifs is 1. The molecule has 0 radical (unpaired) electrons. The second kappa shape index (κ2) is 51.7. The van der Waals surface area contributed by atoms with Gasteiger partial charge in [0.2, 0.25) is 0 Å². The number of aliphatic hydroxyl groups excluding tert-OH is 4. The van der Waals surface area contributed by atoms with Crippen LogP contribution in [0, 0.1) is 0 Å². The molecule has 2 aliphatic heterocycles. The van der Waals surface area contributed by atoms with Gasteiger partial charge in [0.1, 0.15) is 12.2 Å². The Balaban J connectivity index is 0.0000143. The Morgan fingerprint density at radius 1 is 0.382 bits per heavy atom. The lowest BCUT2D eigenvalue weighted by Crippen LogP contribution is -2.39. The molecule has 0 bridgehead atoms. The second-order valence-electron chi connectivity index (χ2n) is 23.0. The van der Waals surface area contributed by atoms with Crippen LogP contribution in [0.4, 0.5) is 0 Å². The summed E-state index contributed by atoms with van der Waals surface area (Å²) in [6.07, 6.45) is 39.5. The molecule has 12 heteroatoms. The van der Waals surface area contributed by atoms with E-state index in [9.17, 15) is 30.0 Å². The summed E-state index contributed by atoms with van der Waals surface area (Å²) >= 11 is 0. The van der Waals surface area contributed by atoms with E-state index in [1.807, 2.05) is 13.8 Å². The Morgan fingerprint density at radius 3 is 0.842 bits per heavy atom. The van der Waals surface area contributed by atoms with Crippen LogP contribution in [0.1, 0.15) is 298 Å². The summed E-state index contributed by atoms with van der Waals surface area (Å²) in [5.41, 5.74) is 0. The fourth-order valence-corrected chi connectivity index (χ4v) is 11.1.